The third-order valence-electron chi connectivity index (χ3n) is 5.46. The fraction of sp³-hybridized carbons (Fsp3) is 0.111. The summed E-state index contributed by atoms with van der Waals surface area (Å²) in [6, 6.07) is 15.9. The third kappa shape index (κ3) is 6.72. The average molecular weight is 587 g/mol. The Labute approximate surface area is 237 Å². The van der Waals surface area contributed by atoms with Crippen LogP contribution in [0, 0.1) is 0 Å². The Bertz CT molecular complexity index is 1490. The molecule has 0 saturated carbocycles. The highest BCUT2D eigenvalue weighted by Gasteiger charge is 2.36. The van der Waals surface area contributed by atoms with Crippen molar-refractivity contribution >= 4 is 69.8 Å². The third-order valence-corrected chi connectivity index (χ3v) is 6.97. The highest BCUT2D eigenvalue weighted by molar-refractivity contribution is 8.18. The van der Waals surface area contributed by atoms with Crippen LogP contribution in [0.4, 0.5) is 10.5 Å². The van der Waals surface area contributed by atoms with Crippen molar-refractivity contribution in [3.05, 3.63) is 92.3 Å². The van der Waals surface area contributed by atoms with Crippen LogP contribution in [-0.2, 0) is 16.2 Å². The van der Waals surface area contributed by atoms with Crippen molar-refractivity contribution in [2.75, 3.05) is 19.0 Å². The van der Waals surface area contributed by atoms with Crippen molar-refractivity contribution in [3.8, 4) is 11.5 Å². The Morgan fingerprint density at radius 2 is 1.77 bits per heavy atom. The van der Waals surface area contributed by atoms with Gasteiger partial charge in [-0.15, -0.1) is 0 Å². The van der Waals surface area contributed by atoms with Gasteiger partial charge in [0, 0.05) is 0 Å². The maximum Gasteiger partial charge on any atom is 0.335 e. The molecule has 3 aromatic carbocycles. The van der Waals surface area contributed by atoms with Gasteiger partial charge in [0.25, 0.3) is 11.1 Å². The molecule has 0 spiro atoms. The number of carboxylic acids is 1. The Morgan fingerprint density at radius 3 is 2.44 bits per heavy atom. The van der Waals surface area contributed by atoms with E-state index in [2.05, 4.69) is 5.32 Å². The molecule has 1 fully saturated rings. The Morgan fingerprint density at radius 1 is 1.05 bits per heavy atom. The topological polar surface area (TPSA) is 122 Å². The van der Waals surface area contributed by atoms with Crippen molar-refractivity contribution in [3.63, 3.8) is 0 Å². The summed E-state index contributed by atoms with van der Waals surface area (Å²) in [5, 5.41) is 11.5. The molecule has 0 unspecified atom stereocenters. The van der Waals surface area contributed by atoms with E-state index in [0.717, 1.165) is 10.5 Å². The van der Waals surface area contributed by atoms with Gasteiger partial charge in [0.2, 0.25) is 5.91 Å². The Hall–Kier alpha value is -3.99. The van der Waals surface area contributed by atoms with Crippen LogP contribution in [0.25, 0.3) is 6.08 Å². The van der Waals surface area contributed by atoms with Gasteiger partial charge in [-0.05, 0) is 65.4 Å². The minimum atomic E-state index is -1.03. The van der Waals surface area contributed by atoms with Gasteiger partial charge in [0.05, 0.1) is 33.3 Å². The second-order valence-corrected chi connectivity index (χ2v) is 9.93. The number of methoxy groups -OCH3 is 1. The number of anilines is 1. The van der Waals surface area contributed by atoms with Crippen molar-refractivity contribution in [2.45, 2.75) is 6.61 Å². The Balaban J connectivity index is 1.46. The van der Waals surface area contributed by atoms with Crippen LogP contribution in [0.3, 0.4) is 0 Å². The standard InChI is InChI=1S/C27H20Cl2N2O7S/c1-37-21-11-16(10-19(29)24(21)38-14-15-6-8-17(9-7-15)26(34)35)12-22-25(33)31(27(36)39-22)13-23(32)30-20-5-3-2-4-18(20)28/h2-12H,13-14H2,1H3,(H,30,32)(H,34,35)/b22-12+. The molecule has 1 aliphatic rings. The first-order valence-corrected chi connectivity index (χ1v) is 12.9. The maximum absolute atomic E-state index is 12.9. The number of halogens is 2. The number of rotatable bonds is 9. The zero-order valence-corrected chi connectivity index (χ0v) is 22.6. The van der Waals surface area contributed by atoms with E-state index in [-0.39, 0.29) is 33.6 Å². The fourth-order valence-electron chi connectivity index (χ4n) is 3.55. The molecule has 0 aliphatic carbocycles. The lowest BCUT2D eigenvalue weighted by molar-refractivity contribution is -0.127. The fourth-order valence-corrected chi connectivity index (χ4v) is 4.84. The van der Waals surface area contributed by atoms with E-state index in [1.54, 1.807) is 48.5 Å². The number of nitrogens with zero attached hydrogens (tertiary/aromatic N) is 1. The highest BCUT2D eigenvalue weighted by atomic mass is 35.5. The predicted octanol–water partition coefficient (Wildman–Crippen LogP) is 5.95. The quantitative estimate of drug-likeness (QED) is 0.295. The van der Waals surface area contributed by atoms with Crippen molar-refractivity contribution in [2.24, 2.45) is 0 Å². The number of para-hydroxylation sites is 1. The van der Waals surface area contributed by atoms with Gasteiger partial charge in [-0.25, -0.2) is 4.79 Å². The first-order chi connectivity index (χ1) is 18.7. The van der Waals surface area contributed by atoms with Gasteiger partial charge < -0.3 is 19.9 Å². The number of thioether (sulfide) groups is 1. The SMILES string of the molecule is COc1cc(/C=C2/SC(=O)N(CC(=O)Nc3ccccc3Cl)C2=O)cc(Cl)c1OCc1ccc(C(=O)O)cc1. The number of ether oxygens (including phenoxy) is 2. The number of nitrogens with one attached hydrogen (secondary N) is 1. The lowest BCUT2D eigenvalue weighted by Crippen LogP contribution is -2.36. The summed E-state index contributed by atoms with van der Waals surface area (Å²) in [5.74, 6) is -1.69. The summed E-state index contributed by atoms with van der Waals surface area (Å²) in [4.78, 5) is 49.8. The summed E-state index contributed by atoms with van der Waals surface area (Å²) < 4.78 is 11.2. The lowest BCUT2D eigenvalue weighted by Gasteiger charge is -2.14. The molecule has 0 bridgehead atoms. The zero-order valence-electron chi connectivity index (χ0n) is 20.3. The van der Waals surface area contributed by atoms with E-state index in [4.69, 9.17) is 37.8 Å². The molecule has 0 radical (unpaired) electrons. The van der Waals surface area contributed by atoms with E-state index in [9.17, 15) is 19.2 Å². The minimum Gasteiger partial charge on any atom is -0.493 e. The molecule has 0 atom stereocenters. The summed E-state index contributed by atoms with van der Waals surface area (Å²) in [7, 11) is 1.43. The molecule has 0 aromatic heterocycles. The number of carbonyl (C=O) groups is 4. The first-order valence-electron chi connectivity index (χ1n) is 11.3. The molecular weight excluding hydrogens is 567 g/mol. The molecule has 39 heavy (non-hydrogen) atoms. The van der Waals surface area contributed by atoms with Gasteiger partial charge in [0.1, 0.15) is 13.2 Å². The molecule has 3 amide bonds. The minimum absolute atomic E-state index is 0.102. The van der Waals surface area contributed by atoms with Crippen molar-refractivity contribution < 1.29 is 33.8 Å². The van der Waals surface area contributed by atoms with Gasteiger partial charge in [-0.2, -0.15) is 0 Å². The number of carboxylic acid groups (broad SMARTS) is 1. The smallest absolute Gasteiger partial charge is 0.335 e. The first kappa shape index (κ1) is 28.0. The highest BCUT2D eigenvalue weighted by Crippen LogP contribution is 2.39. The van der Waals surface area contributed by atoms with Gasteiger partial charge in [-0.1, -0.05) is 47.5 Å². The second-order valence-electron chi connectivity index (χ2n) is 8.12. The van der Waals surface area contributed by atoms with Gasteiger partial charge in [-0.3, -0.25) is 19.3 Å². The van der Waals surface area contributed by atoms with Crippen molar-refractivity contribution in [1.82, 2.24) is 4.90 Å². The van der Waals surface area contributed by atoms with Crippen LogP contribution in [0.15, 0.2) is 65.6 Å². The Kier molecular flexibility index (Phi) is 8.80. The van der Waals surface area contributed by atoms with Crippen LogP contribution in [-0.4, -0.2) is 46.7 Å². The van der Waals surface area contributed by atoms with E-state index in [0.29, 0.717) is 28.0 Å². The molecule has 12 heteroatoms. The number of imide groups is 1. The summed E-state index contributed by atoms with van der Waals surface area (Å²) in [5.41, 5.74) is 1.72. The molecule has 1 aliphatic heterocycles. The molecule has 3 aromatic rings. The number of amides is 3. The van der Waals surface area contributed by atoms with Crippen LogP contribution in [0.1, 0.15) is 21.5 Å². The van der Waals surface area contributed by atoms with Crippen LogP contribution in [0.5, 0.6) is 11.5 Å². The van der Waals surface area contributed by atoms with Crippen molar-refractivity contribution in [1.29, 1.82) is 0 Å². The van der Waals surface area contributed by atoms with E-state index < -0.39 is 29.6 Å². The molecule has 9 nitrogen and oxygen atoms in total. The van der Waals surface area contributed by atoms with Gasteiger partial charge >= 0.3 is 5.97 Å². The molecule has 4 rings (SSSR count). The van der Waals surface area contributed by atoms with Crippen LogP contribution < -0.4 is 14.8 Å². The maximum atomic E-state index is 12.9. The predicted molar refractivity (Wildman–Crippen MR) is 148 cm³/mol. The monoisotopic (exact) mass is 586 g/mol. The largest absolute Gasteiger partial charge is 0.493 e. The molecule has 1 saturated heterocycles. The van der Waals surface area contributed by atoms with E-state index >= 15 is 0 Å². The summed E-state index contributed by atoms with van der Waals surface area (Å²) >= 11 is 13.2. The lowest BCUT2D eigenvalue weighted by atomic mass is 10.1. The van der Waals surface area contributed by atoms with E-state index in [1.165, 1.54) is 25.3 Å². The number of carbonyl (C=O) groups excluding carboxylic acids is 3. The molecule has 200 valence electrons. The second kappa shape index (κ2) is 12.2. The average Bonchev–Trinajstić information content (AvgIpc) is 3.16. The number of aromatic carboxylic acids is 1. The normalized spacial score (nSPS) is 14.0. The summed E-state index contributed by atoms with van der Waals surface area (Å²) in [6.45, 7) is -0.373. The van der Waals surface area contributed by atoms with Crippen LogP contribution in [0.2, 0.25) is 10.0 Å². The zero-order chi connectivity index (χ0) is 28.1. The number of hydrogen-bond acceptors (Lipinski definition) is 7. The van der Waals surface area contributed by atoms with Crippen LogP contribution >= 0.6 is 35.0 Å². The molecular formula is C27H20Cl2N2O7S. The number of benzene rings is 3. The van der Waals surface area contributed by atoms with Gasteiger partial charge in [0.15, 0.2) is 11.5 Å². The molecule has 1 heterocycles. The van der Waals surface area contributed by atoms with E-state index in [1.807, 2.05) is 0 Å². The molecule has 2 N–H and O–H groups in total. The summed E-state index contributed by atoms with van der Waals surface area (Å²) in [6.07, 6.45) is 1.47. The number of hydrogen-bond donors (Lipinski definition) is 2.